The number of pyridine rings is 2. The molecular weight excluding hydrogens is 398 g/mol. The third-order valence-corrected chi connectivity index (χ3v) is 5.69. The summed E-state index contributed by atoms with van der Waals surface area (Å²) in [5.74, 6) is 1.40. The molecule has 2 atom stereocenters. The van der Waals surface area contributed by atoms with E-state index in [1.807, 2.05) is 6.07 Å². The second-order valence-corrected chi connectivity index (χ2v) is 8.03. The van der Waals surface area contributed by atoms with Crippen LogP contribution in [0.25, 0.3) is 0 Å². The molecular formula is C19H22ClN5O2S. The van der Waals surface area contributed by atoms with Crippen molar-refractivity contribution in [2.24, 2.45) is 16.6 Å². The van der Waals surface area contributed by atoms with Crippen LogP contribution in [-0.4, -0.2) is 39.9 Å². The highest BCUT2D eigenvalue weighted by Crippen LogP contribution is 2.25. The van der Waals surface area contributed by atoms with Gasteiger partial charge in [-0.05, 0) is 37.8 Å². The summed E-state index contributed by atoms with van der Waals surface area (Å²) in [6.45, 7) is 2.08. The average Bonchev–Trinajstić information content (AvgIpc) is 2.82. The second-order valence-electron chi connectivity index (χ2n) is 6.50. The number of nitrogens with two attached hydrogens (primary N) is 1. The van der Waals surface area contributed by atoms with Gasteiger partial charge in [0.05, 0.1) is 24.4 Å². The number of amidine groups is 1. The summed E-state index contributed by atoms with van der Waals surface area (Å²) in [5.41, 5.74) is 7.54. The summed E-state index contributed by atoms with van der Waals surface area (Å²) in [6.07, 6.45) is 4.92. The first-order chi connectivity index (χ1) is 13.5. The van der Waals surface area contributed by atoms with Gasteiger partial charge in [-0.1, -0.05) is 23.4 Å². The number of ether oxygens (including phenoxy) is 1. The molecule has 0 aliphatic carbocycles. The lowest BCUT2D eigenvalue weighted by molar-refractivity contribution is 0.102. The van der Waals surface area contributed by atoms with Gasteiger partial charge in [0.15, 0.2) is 5.17 Å². The van der Waals surface area contributed by atoms with Gasteiger partial charge in [0.25, 0.3) is 5.91 Å². The molecule has 2 aromatic heterocycles. The number of carbonyl (C=O) groups is 1. The summed E-state index contributed by atoms with van der Waals surface area (Å²) in [4.78, 5) is 25.5. The molecule has 7 nitrogen and oxygen atoms in total. The van der Waals surface area contributed by atoms with E-state index in [2.05, 4.69) is 27.2 Å². The summed E-state index contributed by atoms with van der Waals surface area (Å²) in [6, 6.07) is 5.30. The quantitative estimate of drug-likeness (QED) is 0.770. The molecule has 3 heterocycles. The normalized spacial score (nSPS) is 19.5. The van der Waals surface area contributed by atoms with Crippen LogP contribution in [0.2, 0.25) is 5.02 Å². The lowest BCUT2D eigenvalue weighted by Gasteiger charge is -2.18. The number of methoxy groups -OCH3 is 1. The van der Waals surface area contributed by atoms with Crippen molar-refractivity contribution in [1.29, 1.82) is 0 Å². The number of aromatic nitrogens is 2. The van der Waals surface area contributed by atoms with Crippen LogP contribution in [0.4, 0.5) is 5.69 Å². The molecule has 1 amide bonds. The number of nitrogens with zero attached hydrogens (tertiary/aromatic N) is 3. The number of carbonyl (C=O) groups excluding carboxylic acids is 1. The van der Waals surface area contributed by atoms with Crippen LogP contribution < -0.4 is 15.8 Å². The zero-order chi connectivity index (χ0) is 20.1. The Bertz CT molecular complexity index is 892. The van der Waals surface area contributed by atoms with Crippen molar-refractivity contribution < 1.29 is 9.53 Å². The van der Waals surface area contributed by atoms with E-state index >= 15 is 0 Å². The van der Waals surface area contributed by atoms with E-state index in [1.54, 1.807) is 30.1 Å². The molecule has 0 saturated carbocycles. The van der Waals surface area contributed by atoms with Crippen LogP contribution in [0.15, 0.2) is 35.6 Å². The van der Waals surface area contributed by atoms with Crippen LogP contribution in [0, 0.1) is 5.92 Å². The number of halogens is 1. The SMILES string of the molecule is COc1cnc(C(=O)Nc2ccnc(C[C@H]3CCSC(N)=N[C@H]3C)c2)c(Cl)c1. The predicted molar refractivity (Wildman–Crippen MR) is 113 cm³/mol. The number of hydrogen-bond acceptors (Lipinski definition) is 7. The Morgan fingerprint density at radius 1 is 1.43 bits per heavy atom. The molecule has 9 heteroatoms. The Labute approximate surface area is 173 Å². The summed E-state index contributed by atoms with van der Waals surface area (Å²) in [5, 5.41) is 3.70. The van der Waals surface area contributed by atoms with E-state index in [-0.39, 0.29) is 22.7 Å². The topological polar surface area (TPSA) is 102 Å². The first kappa shape index (κ1) is 20.4. The first-order valence-electron chi connectivity index (χ1n) is 8.88. The van der Waals surface area contributed by atoms with Crippen molar-refractivity contribution in [3.63, 3.8) is 0 Å². The predicted octanol–water partition coefficient (Wildman–Crippen LogP) is 3.39. The van der Waals surface area contributed by atoms with Crippen molar-refractivity contribution in [2.75, 3.05) is 18.2 Å². The zero-order valence-electron chi connectivity index (χ0n) is 15.7. The molecule has 3 rings (SSSR count). The second kappa shape index (κ2) is 9.25. The highest BCUT2D eigenvalue weighted by atomic mass is 35.5. The van der Waals surface area contributed by atoms with Crippen molar-refractivity contribution >= 4 is 40.1 Å². The summed E-state index contributed by atoms with van der Waals surface area (Å²) >= 11 is 7.72. The Balaban J connectivity index is 1.70. The molecule has 0 radical (unpaired) electrons. The van der Waals surface area contributed by atoms with Crippen LogP contribution in [-0.2, 0) is 6.42 Å². The molecule has 1 aliphatic heterocycles. The monoisotopic (exact) mass is 419 g/mol. The van der Waals surface area contributed by atoms with Gasteiger partial charge in [-0.15, -0.1) is 0 Å². The number of rotatable bonds is 5. The molecule has 28 heavy (non-hydrogen) atoms. The Hall–Kier alpha value is -2.32. The molecule has 0 unspecified atom stereocenters. The van der Waals surface area contributed by atoms with E-state index in [0.717, 1.165) is 24.3 Å². The number of anilines is 1. The highest BCUT2D eigenvalue weighted by Gasteiger charge is 2.21. The molecule has 3 N–H and O–H groups in total. The Morgan fingerprint density at radius 3 is 3.00 bits per heavy atom. The van der Waals surface area contributed by atoms with Gasteiger partial charge in [0, 0.05) is 29.4 Å². The Morgan fingerprint density at radius 2 is 2.25 bits per heavy atom. The summed E-state index contributed by atoms with van der Waals surface area (Å²) < 4.78 is 5.05. The number of thioether (sulfide) groups is 1. The fourth-order valence-corrected chi connectivity index (χ4v) is 4.11. The largest absolute Gasteiger partial charge is 0.495 e. The maximum absolute atomic E-state index is 12.5. The number of amides is 1. The smallest absolute Gasteiger partial charge is 0.275 e. The van der Waals surface area contributed by atoms with Crippen LogP contribution in [0.5, 0.6) is 5.75 Å². The number of nitrogens with one attached hydrogen (secondary N) is 1. The van der Waals surface area contributed by atoms with Gasteiger partial charge < -0.3 is 15.8 Å². The van der Waals surface area contributed by atoms with Gasteiger partial charge in [0.1, 0.15) is 11.4 Å². The standard InChI is InChI=1S/C19H22ClN5O2S/c1-11-12(4-6-28-19(21)24-11)7-14-8-13(3-5-22-14)25-18(26)17-16(20)9-15(27-2)10-23-17/h3,5,8-12H,4,6-7H2,1-2H3,(H2,21,24)(H,22,25,26)/t11-,12+/m0/s1. The van der Waals surface area contributed by atoms with Crippen molar-refractivity contribution in [2.45, 2.75) is 25.8 Å². The van der Waals surface area contributed by atoms with E-state index in [0.29, 0.717) is 22.5 Å². The van der Waals surface area contributed by atoms with Gasteiger partial charge in [-0.3, -0.25) is 14.8 Å². The lowest BCUT2D eigenvalue weighted by atomic mass is 9.93. The van der Waals surface area contributed by atoms with Crippen molar-refractivity contribution in [3.05, 3.63) is 47.0 Å². The van der Waals surface area contributed by atoms with Crippen LogP contribution in [0.3, 0.4) is 0 Å². The maximum atomic E-state index is 12.5. The Kier molecular flexibility index (Phi) is 6.74. The van der Waals surface area contributed by atoms with Crippen molar-refractivity contribution in [3.8, 4) is 5.75 Å². The fraction of sp³-hybridized carbons (Fsp3) is 0.368. The molecule has 2 aromatic rings. The zero-order valence-corrected chi connectivity index (χ0v) is 17.3. The van der Waals surface area contributed by atoms with Gasteiger partial charge >= 0.3 is 0 Å². The maximum Gasteiger partial charge on any atom is 0.275 e. The third kappa shape index (κ3) is 5.14. The lowest BCUT2D eigenvalue weighted by Crippen LogP contribution is -2.20. The molecule has 0 fully saturated rings. The minimum atomic E-state index is -0.388. The van der Waals surface area contributed by atoms with Crippen LogP contribution in [0.1, 0.15) is 29.5 Å². The summed E-state index contributed by atoms with van der Waals surface area (Å²) in [7, 11) is 1.51. The fourth-order valence-electron chi connectivity index (χ4n) is 3.00. The average molecular weight is 420 g/mol. The molecule has 0 aromatic carbocycles. The molecule has 148 valence electrons. The van der Waals surface area contributed by atoms with E-state index < -0.39 is 0 Å². The molecule has 1 aliphatic rings. The van der Waals surface area contributed by atoms with Crippen molar-refractivity contribution in [1.82, 2.24) is 9.97 Å². The molecule has 0 saturated heterocycles. The molecule has 0 bridgehead atoms. The number of hydrogen-bond donors (Lipinski definition) is 2. The van der Waals surface area contributed by atoms with E-state index in [4.69, 9.17) is 22.1 Å². The third-order valence-electron chi connectivity index (χ3n) is 4.56. The minimum Gasteiger partial charge on any atom is -0.495 e. The number of aliphatic imine (C=N–C) groups is 1. The first-order valence-corrected chi connectivity index (χ1v) is 10.2. The molecule has 0 spiro atoms. The van der Waals surface area contributed by atoms with E-state index in [9.17, 15) is 4.79 Å². The van der Waals surface area contributed by atoms with Gasteiger partial charge in [-0.2, -0.15) is 0 Å². The van der Waals surface area contributed by atoms with Crippen LogP contribution >= 0.6 is 23.4 Å². The minimum absolute atomic E-state index is 0.136. The van der Waals surface area contributed by atoms with Gasteiger partial charge in [-0.25, -0.2) is 4.98 Å². The highest BCUT2D eigenvalue weighted by molar-refractivity contribution is 8.13. The van der Waals surface area contributed by atoms with Gasteiger partial charge in [0.2, 0.25) is 0 Å². The van der Waals surface area contributed by atoms with E-state index in [1.165, 1.54) is 13.3 Å².